The molecular weight excluding hydrogens is 466 g/mol. The molecule has 4 rings (SSSR count). The molecule has 3 amide bonds. The molecule has 30 heavy (non-hydrogen) atoms. The van der Waals surface area contributed by atoms with Gasteiger partial charge in [-0.3, -0.25) is 19.3 Å². The van der Waals surface area contributed by atoms with E-state index in [2.05, 4.69) is 15.9 Å². The van der Waals surface area contributed by atoms with E-state index in [0.29, 0.717) is 18.0 Å². The van der Waals surface area contributed by atoms with Crippen molar-refractivity contribution in [1.29, 1.82) is 0 Å². The number of benzene rings is 1. The van der Waals surface area contributed by atoms with E-state index in [-0.39, 0.29) is 12.5 Å². The molecule has 0 bridgehead atoms. The molecule has 0 spiro atoms. The number of carbonyl (C=O) groups is 3. The summed E-state index contributed by atoms with van der Waals surface area (Å²) < 4.78 is 2.93. The first-order valence-electron chi connectivity index (χ1n) is 9.99. The number of nitrogens with zero attached hydrogens (tertiary/aromatic N) is 3. The molecular formula is C22H22BrN3O3S. The van der Waals surface area contributed by atoms with Crippen LogP contribution >= 0.6 is 27.7 Å². The summed E-state index contributed by atoms with van der Waals surface area (Å²) in [7, 11) is 0. The van der Waals surface area contributed by atoms with Gasteiger partial charge < -0.3 is 9.47 Å². The lowest BCUT2D eigenvalue weighted by Crippen LogP contribution is -2.42. The minimum absolute atomic E-state index is 0.154. The maximum Gasteiger partial charge on any atom is 0.294 e. The van der Waals surface area contributed by atoms with Crippen LogP contribution in [0.1, 0.15) is 31.4 Å². The van der Waals surface area contributed by atoms with Crippen molar-refractivity contribution >= 4 is 50.8 Å². The summed E-state index contributed by atoms with van der Waals surface area (Å²) in [5.74, 6) is -0.560. The van der Waals surface area contributed by atoms with Gasteiger partial charge >= 0.3 is 0 Å². The second-order valence-electron chi connectivity index (χ2n) is 7.34. The molecule has 2 aliphatic rings. The highest BCUT2D eigenvalue weighted by atomic mass is 79.9. The Morgan fingerprint density at radius 3 is 2.43 bits per heavy atom. The van der Waals surface area contributed by atoms with Gasteiger partial charge in [0, 0.05) is 35.1 Å². The molecule has 2 aliphatic heterocycles. The van der Waals surface area contributed by atoms with Crippen LogP contribution in [0.25, 0.3) is 11.8 Å². The zero-order valence-corrected chi connectivity index (χ0v) is 18.8. The standard InChI is InChI=1S/C22H22BrN3O3S/c23-16-7-9-17(10-8-16)25-13-5-6-18(25)14-19-21(28)26(22(29)30-19)15-20(27)24-11-3-1-2-4-12-24/h5-10,13-14H,1-4,11-12,15H2. The fourth-order valence-corrected chi connectivity index (χ4v) is 4.76. The largest absolute Gasteiger partial charge is 0.341 e. The number of rotatable bonds is 4. The highest BCUT2D eigenvalue weighted by molar-refractivity contribution is 9.10. The predicted molar refractivity (Wildman–Crippen MR) is 121 cm³/mol. The third-order valence-electron chi connectivity index (χ3n) is 5.29. The molecule has 8 heteroatoms. The highest BCUT2D eigenvalue weighted by Gasteiger charge is 2.37. The van der Waals surface area contributed by atoms with Crippen LogP contribution in [-0.4, -0.2) is 51.1 Å². The number of hydrogen-bond acceptors (Lipinski definition) is 4. The van der Waals surface area contributed by atoms with Crippen molar-refractivity contribution in [1.82, 2.24) is 14.4 Å². The third-order valence-corrected chi connectivity index (χ3v) is 6.73. The van der Waals surface area contributed by atoms with Gasteiger partial charge in [-0.25, -0.2) is 0 Å². The summed E-state index contributed by atoms with van der Waals surface area (Å²) in [4.78, 5) is 41.1. The van der Waals surface area contributed by atoms with Crippen LogP contribution in [0.4, 0.5) is 4.79 Å². The Hall–Kier alpha value is -2.32. The van der Waals surface area contributed by atoms with E-state index in [1.807, 2.05) is 47.2 Å². The monoisotopic (exact) mass is 487 g/mol. The van der Waals surface area contributed by atoms with Crippen LogP contribution in [0.15, 0.2) is 52.0 Å². The van der Waals surface area contributed by atoms with Gasteiger partial charge in [0.1, 0.15) is 6.54 Å². The number of carbonyl (C=O) groups excluding carboxylic acids is 3. The predicted octanol–water partition coefficient (Wildman–Crippen LogP) is 4.68. The first kappa shape index (κ1) is 20.9. The highest BCUT2D eigenvalue weighted by Crippen LogP contribution is 2.32. The summed E-state index contributed by atoms with van der Waals surface area (Å²) in [6.07, 6.45) is 7.80. The van der Waals surface area contributed by atoms with Gasteiger partial charge in [-0.15, -0.1) is 0 Å². The van der Waals surface area contributed by atoms with E-state index >= 15 is 0 Å². The summed E-state index contributed by atoms with van der Waals surface area (Å²) in [5, 5.41) is -0.392. The van der Waals surface area contributed by atoms with Gasteiger partial charge in [-0.1, -0.05) is 28.8 Å². The molecule has 1 aromatic heterocycles. The number of amides is 3. The average molecular weight is 488 g/mol. The molecule has 3 heterocycles. The van der Waals surface area contributed by atoms with Gasteiger partial charge in [-0.2, -0.15) is 0 Å². The maximum absolute atomic E-state index is 12.9. The van der Waals surface area contributed by atoms with E-state index in [1.165, 1.54) is 0 Å². The fourth-order valence-electron chi connectivity index (χ4n) is 3.67. The summed E-state index contributed by atoms with van der Waals surface area (Å²) in [6, 6.07) is 11.6. The van der Waals surface area contributed by atoms with Crippen LogP contribution in [-0.2, 0) is 9.59 Å². The first-order valence-corrected chi connectivity index (χ1v) is 11.6. The third kappa shape index (κ3) is 4.54. The van der Waals surface area contributed by atoms with Crippen molar-refractivity contribution in [3.8, 4) is 5.69 Å². The molecule has 0 atom stereocenters. The molecule has 156 valence electrons. The summed E-state index contributed by atoms with van der Waals surface area (Å²) in [5.41, 5.74) is 1.74. The maximum atomic E-state index is 12.9. The number of halogens is 1. The Labute approximate surface area is 188 Å². The smallest absolute Gasteiger partial charge is 0.294 e. The lowest BCUT2D eigenvalue weighted by molar-refractivity contribution is -0.135. The lowest BCUT2D eigenvalue weighted by Gasteiger charge is -2.22. The Kier molecular flexibility index (Phi) is 6.43. The lowest BCUT2D eigenvalue weighted by atomic mass is 10.2. The molecule has 0 aliphatic carbocycles. The molecule has 0 unspecified atom stereocenters. The zero-order chi connectivity index (χ0) is 21.1. The Bertz CT molecular complexity index is 991. The Morgan fingerprint density at radius 2 is 1.73 bits per heavy atom. The van der Waals surface area contributed by atoms with Crippen molar-refractivity contribution in [2.75, 3.05) is 19.6 Å². The Morgan fingerprint density at radius 1 is 1.03 bits per heavy atom. The number of thioether (sulfide) groups is 1. The van der Waals surface area contributed by atoms with Gasteiger partial charge in [0.25, 0.3) is 11.1 Å². The Balaban J connectivity index is 1.50. The second kappa shape index (κ2) is 9.22. The summed E-state index contributed by atoms with van der Waals surface area (Å²) in [6.45, 7) is 1.22. The van der Waals surface area contributed by atoms with Crippen LogP contribution in [0, 0.1) is 0 Å². The minimum Gasteiger partial charge on any atom is -0.341 e. The molecule has 0 radical (unpaired) electrons. The fraction of sp³-hybridized carbons (Fsp3) is 0.318. The van der Waals surface area contributed by atoms with Crippen molar-refractivity contribution in [3.63, 3.8) is 0 Å². The van der Waals surface area contributed by atoms with E-state index < -0.39 is 11.1 Å². The SMILES string of the molecule is O=C(CN1C(=O)SC(=Cc2cccn2-c2ccc(Br)cc2)C1=O)N1CCCCCC1. The molecule has 0 saturated carbocycles. The normalized spacial score (nSPS) is 18.9. The van der Waals surface area contributed by atoms with Gasteiger partial charge in [0.15, 0.2) is 0 Å². The van der Waals surface area contributed by atoms with E-state index in [9.17, 15) is 14.4 Å². The number of likely N-dealkylation sites (tertiary alicyclic amines) is 1. The van der Waals surface area contributed by atoms with Crippen LogP contribution < -0.4 is 0 Å². The van der Waals surface area contributed by atoms with E-state index in [0.717, 1.165) is 58.2 Å². The molecule has 0 N–H and O–H groups in total. The molecule has 2 saturated heterocycles. The average Bonchev–Trinajstić information content (AvgIpc) is 3.16. The second-order valence-corrected chi connectivity index (χ2v) is 9.25. The number of imide groups is 1. The number of hydrogen-bond donors (Lipinski definition) is 0. The summed E-state index contributed by atoms with van der Waals surface area (Å²) >= 11 is 4.31. The van der Waals surface area contributed by atoms with Crippen molar-refractivity contribution in [2.45, 2.75) is 25.7 Å². The molecule has 1 aromatic carbocycles. The van der Waals surface area contributed by atoms with Gasteiger partial charge in [-0.05, 0) is 67.1 Å². The van der Waals surface area contributed by atoms with Crippen LogP contribution in [0.5, 0.6) is 0 Å². The first-order chi connectivity index (χ1) is 14.5. The quantitative estimate of drug-likeness (QED) is 0.587. The van der Waals surface area contributed by atoms with E-state index in [1.54, 1.807) is 11.0 Å². The van der Waals surface area contributed by atoms with Gasteiger partial charge in [0.2, 0.25) is 5.91 Å². The van der Waals surface area contributed by atoms with Crippen molar-refractivity contribution in [3.05, 3.63) is 57.7 Å². The van der Waals surface area contributed by atoms with Crippen LogP contribution in [0.3, 0.4) is 0 Å². The minimum atomic E-state index is -0.406. The van der Waals surface area contributed by atoms with Crippen LogP contribution in [0.2, 0.25) is 0 Å². The van der Waals surface area contributed by atoms with Gasteiger partial charge in [0.05, 0.1) is 4.91 Å². The van der Waals surface area contributed by atoms with Crippen molar-refractivity contribution < 1.29 is 14.4 Å². The molecule has 6 nitrogen and oxygen atoms in total. The number of aromatic nitrogens is 1. The topological polar surface area (TPSA) is 62.6 Å². The molecule has 2 aromatic rings. The van der Waals surface area contributed by atoms with E-state index in [4.69, 9.17) is 0 Å². The molecule has 2 fully saturated rings. The zero-order valence-electron chi connectivity index (χ0n) is 16.4. The van der Waals surface area contributed by atoms with Crippen molar-refractivity contribution in [2.24, 2.45) is 0 Å².